The highest BCUT2D eigenvalue weighted by molar-refractivity contribution is 9.10. The molecule has 0 saturated heterocycles. The SMILES string of the molecule is CCCc1nccn1-c1nc(N)ncc1Br. The molecule has 2 aromatic heterocycles. The van der Waals surface area contributed by atoms with E-state index >= 15 is 0 Å². The van der Waals surface area contributed by atoms with Gasteiger partial charge in [-0.15, -0.1) is 0 Å². The van der Waals surface area contributed by atoms with E-state index in [1.54, 1.807) is 12.4 Å². The van der Waals surface area contributed by atoms with Gasteiger partial charge in [0.1, 0.15) is 5.82 Å². The van der Waals surface area contributed by atoms with Gasteiger partial charge in [0.15, 0.2) is 5.82 Å². The second-order valence-corrected chi connectivity index (χ2v) is 4.22. The maximum atomic E-state index is 5.58. The molecule has 0 aromatic carbocycles. The second kappa shape index (κ2) is 4.61. The molecule has 0 spiro atoms. The van der Waals surface area contributed by atoms with E-state index in [2.05, 4.69) is 37.8 Å². The number of aromatic nitrogens is 4. The molecule has 0 amide bonds. The molecule has 0 atom stereocenters. The van der Waals surface area contributed by atoms with E-state index in [0.29, 0.717) is 0 Å². The Kier molecular flexibility index (Phi) is 3.19. The lowest BCUT2D eigenvalue weighted by atomic mass is 10.3. The number of rotatable bonds is 3. The van der Waals surface area contributed by atoms with Crippen molar-refractivity contribution in [3.05, 3.63) is 28.9 Å². The lowest BCUT2D eigenvalue weighted by Crippen LogP contribution is -2.06. The monoisotopic (exact) mass is 281 g/mol. The van der Waals surface area contributed by atoms with Crippen molar-refractivity contribution < 1.29 is 0 Å². The number of hydrogen-bond acceptors (Lipinski definition) is 4. The zero-order valence-corrected chi connectivity index (χ0v) is 10.5. The summed E-state index contributed by atoms with van der Waals surface area (Å²) in [5.41, 5.74) is 5.58. The van der Waals surface area contributed by atoms with Crippen molar-refractivity contribution in [1.82, 2.24) is 19.5 Å². The standard InChI is InChI=1S/C10H12BrN5/c1-2-3-8-13-4-5-16(8)9-7(11)6-14-10(12)15-9/h4-6H,2-3H2,1H3,(H2,12,14,15). The molecule has 0 aliphatic carbocycles. The minimum atomic E-state index is 0.259. The Bertz CT molecular complexity index is 494. The second-order valence-electron chi connectivity index (χ2n) is 3.36. The van der Waals surface area contributed by atoms with Crippen LogP contribution >= 0.6 is 15.9 Å². The Morgan fingerprint density at radius 3 is 3.00 bits per heavy atom. The van der Waals surface area contributed by atoms with Crippen LogP contribution < -0.4 is 5.73 Å². The lowest BCUT2D eigenvalue weighted by Gasteiger charge is -2.08. The van der Waals surface area contributed by atoms with Crippen molar-refractivity contribution in [3.8, 4) is 5.82 Å². The lowest BCUT2D eigenvalue weighted by molar-refractivity contribution is 0.795. The van der Waals surface area contributed by atoms with Gasteiger partial charge in [0, 0.05) is 25.0 Å². The first kappa shape index (κ1) is 11.1. The number of nitrogen functional groups attached to an aromatic ring is 1. The fourth-order valence-electron chi connectivity index (χ4n) is 1.48. The van der Waals surface area contributed by atoms with Crippen molar-refractivity contribution in [3.63, 3.8) is 0 Å². The van der Waals surface area contributed by atoms with Crippen LogP contribution in [0, 0.1) is 0 Å². The smallest absolute Gasteiger partial charge is 0.222 e. The van der Waals surface area contributed by atoms with Crippen molar-refractivity contribution in [2.24, 2.45) is 0 Å². The van der Waals surface area contributed by atoms with Gasteiger partial charge in [0.25, 0.3) is 0 Å². The highest BCUT2D eigenvalue weighted by Crippen LogP contribution is 2.20. The normalized spacial score (nSPS) is 10.6. The van der Waals surface area contributed by atoms with Gasteiger partial charge >= 0.3 is 0 Å². The van der Waals surface area contributed by atoms with E-state index < -0.39 is 0 Å². The fraction of sp³-hybridized carbons (Fsp3) is 0.300. The van der Waals surface area contributed by atoms with Crippen LogP contribution in [0.3, 0.4) is 0 Å². The summed E-state index contributed by atoms with van der Waals surface area (Å²) in [7, 11) is 0. The van der Waals surface area contributed by atoms with Crippen molar-refractivity contribution >= 4 is 21.9 Å². The summed E-state index contributed by atoms with van der Waals surface area (Å²) in [6.07, 6.45) is 7.22. The number of anilines is 1. The minimum Gasteiger partial charge on any atom is -0.368 e. The maximum Gasteiger partial charge on any atom is 0.222 e. The van der Waals surface area contributed by atoms with Gasteiger partial charge in [-0.25, -0.2) is 9.97 Å². The summed E-state index contributed by atoms with van der Waals surface area (Å²) in [5, 5.41) is 0. The molecule has 0 bridgehead atoms. The third kappa shape index (κ3) is 2.06. The molecule has 16 heavy (non-hydrogen) atoms. The van der Waals surface area contributed by atoms with Crippen LogP contribution in [0.15, 0.2) is 23.1 Å². The van der Waals surface area contributed by atoms with Crippen LogP contribution in [-0.4, -0.2) is 19.5 Å². The largest absolute Gasteiger partial charge is 0.368 e. The van der Waals surface area contributed by atoms with Crippen molar-refractivity contribution in [2.75, 3.05) is 5.73 Å². The molecule has 2 rings (SSSR count). The summed E-state index contributed by atoms with van der Waals surface area (Å²) in [5.74, 6) is 1.96. The van der Waals surface area contributed by atoms with Crippen LogP contribution in [0.25, 0.3) is 5.82 Å². The summed E-state index contributed by atoms with van der Waals surface area (Å²) in [4.78, 5) is 12.4. The van der Waals surface area contributed by atoms with Crippen LogP contribution in [0.5, 0.6) is 0 Å². The molecular formula is C10H12BrN5. The molecule has 0 radical (unpaired) electrons. The fourth-order valence-corrected chi connectivity index (χ4v) is 1.86. The molecule has 2 heterocycles. The molecule has 0 aliphatic heterocycles. The van der Waals surface area contributed by atoms with Crippen LogP contribution in [0.4, 0.5) is 5.95 Å². The Morgan fingerprint density at radius 2 is 2.25 bits per heavy atom. The van der Waals surface area contributed by atoms with Crippen LogP contribution in [-0.2, 0) is 6.42 Å². The van der Waals surface area contributed by atoms with Gasteiger partial charge in [-0.3, -0.25) is 4.57 Å². The van der Waals surface area contributed by atoms with Gasteiger partial charge in [0.05, 0.1) is 4.47 Å². The molecule has 2 N–H and O–H groups in total. The highest BCUT2D eigenvalue weighted by Gasteiger charge is 2.09. The highest BCUT2D eigenvalue weighted by atomic mass is 79.9. The number of aryl methyl sites for hydroxylation is 1. The minimum absolute atomic E-state index is 0.259. The molecule has 0 aliphatic rings. The van der Waals surface area contributed by atoms with Crippen LogP contribution in [0.2, 0.25) is 0 Å². The number of imidazole rings is 1. The van der Waals surface area contributed by atoms with Crippen molar-refractivity contribution in [2.45, 2.75) is 19.8 Å². The molecule has 6 heteroatoms. The molecule has 5 nitrogen and oxygen atoms in total. The van der Waals surface area contributed by atoms with Gasteiger partial charge in [-0.2, -0.15) is 4.98 Å². The molecule has 0 fully saturated rings. The first-order valence-corrected chi connectivity index (χ1v) is 5.82. The summed E-state index contributed by atoms with van der Waals surface area (Å²) >= 11 is 3.41. The number of hydrogen-bond donors (Lipinski definition) is 1. The Morgan fingerprint density at radius 1 is 1.44 bits per heavy atom. The maximum absolute atomic E-state index is 5.58. The van der Waals surface area contributed by atoms with Gasteiger partial charge in [-0.05, 0) is 22.4 Å². The summed E-state index contributed by atoms with van der Waals surface area (Å²) < 4.78 is 2.73. The molecule has 84 valence electrons. The Labute approximate surface area is 102 Å². The number of halogens is 1. The summed E-state index contributed by atoms with van der Waals surface area (Å²) in [6, 6.07) is 0. The van der Waals surface area contributed by atoms with E-state index in [1.807, 2.05) is 10.8 Å². The zero-order chi connectivity index (χ0) is 11.5. The van der Waals surface area contributed by atoms with E-state index in [4.69, 9.17) is 5.73 Å². The summed E-state index contributed by atoms with van der Waals surface area (Å²) in [6.45, 7) is 2.11. The van der Waals surface area contributed by atoms with Crippen molar-refractivity contribution in [1.29, 1.82) is 0 Å². The van der Waals surface area contributed by atoms with E-state index in [9.17, 15) is 0 Å². The average Bonchev–Trinajstić information content (AvgIpc) is 2.70. The topological polar surface area (TPSA) is 69.6 Å². The van der Waals surface area contributed by atoms with Crippen LogP contribution in [0.1, 0.15) is 19.2 Å². The number of nitrogens with zero attached hydrogens (tertiary/aromatic N) is 4. The van der Waals surface area contributed by atoms with E-state index in [1.165, 1.54) is 0 Å². The Balaban J connectivity index is 2.49. The van der Waals surface area contributed by atoms with Gasteiger partial charge in [0.2, 0.25) is 5.95 Å². The molecule has 0 unspecified atom stereocenters. The average molecular weight is 282 g/mol. The zero-order valence-electron chi connectivity index (χ0n) is 8.89. The first-order chi connectivity index (χ1) is 7.72. The molecule has 2 aromatic rings. The third-order valence-electron chi connectivity index (χ3n) is 2.16. The number of nitrogens with two attached hydrogens (primary N) is 1. The van der Waals surface area contributed by atoms with E-state index in [0.717, 1.165) is 29.0 Å². The molecular weight excluding hydrogens is 270 g/mol. The van der Waals surface area contributed by atoms with E-state index in [-0.39, 0.29) is 5.95 Å². The first-order valence-electron chi connectivity index (χ1n) is 5.03. The Hall–Kier alpha value is -1.43. The van der Waals surface area contributed by atoms with Gasteiger partial charge < -0.3 is 5.73 Å². The third-order valence-corrected chi connectivity index (χ3v) is 2.72. The predicted octanol–water partition coefficient (Wildman–Crippen LogP) is 1.96. The van der Waals surface area contributed by atoms with Gasteiger partial charge in [-0.1, -0.05) is 6.92 Å². The molecule has 0 saturated carbocycles. The quantitative estimate of drug-likeness (QED) is 0.934. The predicted molar refractivity (Wildman–Crippen MR) is 65.3 cm³/mol.